The maximum absolute atomic E-state index is 11.7. The number of hydrogen-bond donors (Lipinski definition) is 3. The van der Waals surface area contributed by atoms with Gasteiger partial charge in [-0.2, -0.15) is 13.2 Å². The minimum atomic E-state index is -5.19. The Kier molecular flexibility index (Phi) is 76.3. The lowest BCUT2D eigenvalue weighted by atomic mass is 10.1. The lowest BCUT2D eigenvalue weighted by Gasteiger charge is -2.11. The van der Waals surface area contributed by atoms with Crippen LogP contribution in [-0.2, 0) is 128 Å². The molecule has 31 nitrogen and oxygen atoms in total. The second-order valence-electron chi connectivity index (χ2n) is 17.7. The molecule has 0 saturated heterocycles. The van der Waals surface area contributed by atoms with Crippen molar-refractivity contribution >= 4 is 17.8 Å². The summed E-state index contributed by atoms with van der Waals surface area (Å²) in [5.41, 5.74) is 5.63. The van der Waals surface area contributed by atoms with E-state index in [-0.39, 0.29) is 19.4 Å². The maximum Gasteiger partial charge on any atom is 0.430 e. The van der Waals surface area contributed by atoms with Crippen LogP contribution in [0.4, 0.5) is 13.2 Å². The molecule has 0 spiro atoms. The van der Waals surface area contributed by atoms with Crippen LogP contribution in [0, 0.1) is 0 Å². The van der Waals surface area contributed by atoms with Gasteiger partial charge in [0.1, 0.15) is 5.97 Å². The first-order valence-electron chi connectivity index (χ1n) is 30.3. The first kappa shape index (κ1) is 89.3. The van der Waals surface area contributed by atoms with E-state index in [1.165, 1.54) is 0 Å². The second-order valence-corrected chi connectivity index (χ2v) is 17.7. The van der Waals surface area contributed by atoms with E-state index in [1.807, 2.05) is 0 Å². The molecule has 1 amide bonds. The topological polar surface area (TPSA) is 354 Å². The molecule has 0 aromatic heterocycles. The van der Waals surface area contributed by atoms with Gasteiger partial charge in [-0.15, -0.1) is 0 Å². The van der Waals surface area contributed by atoms with Crippen LogP contribution in [0.25, 0.3) is 0 Å². The summed E-state index contributed by atoms with van der Waals surface area (Å²) < 4.78 is 163. The van der Waals surface area contributed by atoms with Crippen molar-refractivity contribution in [3.63, 3.8) is 0 Å². The van der Waals surface area contributed by atoms with Gasteiger partial charge in [0.15, 0.2) is 0 Å². The van der Waals surface area contributed by atoms with Gasteiger partial charge in [-0.05, 0) is 6.42 Å². The lowest BCUT2D eigenvalue weighted by Crippen LogP contribution is -2.42. The van der Waals surface area contributed by atoms with Crippen LogP contribution in [0.2, 0.25) is 0 Å². The summed E-state index contributed by atoms with van der Waals surface area (Å²) in [5.74, 6) is -4.40. The Balaban J connectivity index is 0. The van der Waals surface area contributed by atoms with E-state index in [2.05, 4.69) is 5.32 Å². The summed E-state index contributed by atoms with van der Waals surface area (Å²) in [6.45, 7) is 22.7. The standard InChI is InChI=1S/C54H108N2O27.C2HF3O2/c1-60-6-7-62-10-11-64-14-15-66-18-19-68-22-23-70-26-27-72-30-31-74-34-35-76-38-39-78-42-43-80-46-47-82-50-51-83-49-48-81-45-44-79-41-40-77-37-36-75-33-32-73-29-28-71-25-24-69-21-20-67-17-16-65-13-12-63-9-8-61-5-4-56-54(59)52(55)2-3-53(57)58;3-2(4,5)1(6)7/h52H,2-51,55H2,1H3,(H,56,59)(H,57,58);(H,6,7)/p-1. The van der Waals surface area contributed by atoms with Crippen LogP contribution in [0.3, 0.4) is 0 Å². The number of nitrogens with one attached hydrogen (secondary N) is 1. The Labute approximate surface area is 528 Å². The molecule has 90 heavy (non-hydrogen) atoms. The Morgan fingerprint density at radius 2 is 0.478 bits per heavy atom. The van der Waals surface area contributed by atoms with Crippen molar-refractivity contribution in [2.75, 3.05) is 324 Å². The number of carboxylic acids is 2. The first-order valence-corrected chi connectivity index (χ1v) is 30.3. The zero-order chi connectivity index (χ0) is 65.8. The number of ether oxygens (including phenoxy) is 24. The van der Waals surface area contributed by atoms with Gasteiger partial charge in [-0.25, -0.2) is 0 Å². The van der Waals surface area contributed by atoms with Crippen molar-refractivity contribution in [1.82, 2.24) is 5.32 Å². The molecule has 0 fully saturated rings. The molecular weight excluding hydrogens is 1220 g/mol. The molecular formula is C56H108F3N2O29-. The molecule has 0 radical (unpaired) electrons. The Bertz CT molecular complexity index is 1450. The number of alkyl halides is 3. The highest BCUT2D eigenvalue weighted by molar-refractivity contribution is 5.82. The van der Waals surface area contributed by atoms with E-state index < -0.39 is 30.1 Å². The fourth-order valence-electron chi connectivity index (χ4n) is 5.87. The number of hydrogen-bond acceptors (Lipinski definition) is 29. The molecule has 0 aliphatic carbocycles. The van der Waals surface area contributed by atoms with Crippen LogP contribution in [0.15, 0.2) is 0 Å². The number of carboxylic acid groups (broad SMARTS) is 2. The van der Waals surface area contributed by atoms with Gasteiger partial charge in [0.05, 0.1) is 317 Å². The SMILES string of the molecule is COCCOCCOCCOCCOCCOCCOCCOCCOCCOCCOCCOCCOCCOCCOCCOCCOCCOCCOCCOCCOCCOCCOCCOCCNC(=O)C(N)CCC(=O)O.O=C([O-])C(F)(F)F. The molecule has 34 heteroatoms. The van der Waals surface area contributed by atoms with E-state index in [1.54, 1.807) is 7.11 Å². The van der Waals surface area contributed by atoms with Crippen molar-refractivity contribution in [3.05, 3.63) is 0 Å². The molecule has 4 N–H and O–H groups in total. The van der Waals surface area contributed by atoms with Gasteiger partial charge in [0, 0.05) is 20.1 Å². The molecule has 0 saturated carbocycles. The third-order valence-corrected chi connectivity index (χ3v) is 10.4. The molecule has 0 bridgehead atoms. The number of halogens is 3. The van der Waals surface area contributed by atoms with Gasteiger partial charge in [0.25, 0.3) is 0 Å². The highest BCUT2D eigenvalue weighted by atomic mass is 19.4. The average molecular weight is 1330 g/mol. The summed E-state index contributed by atoms with van der Waals surface area (Å²) in [5, 5.41) is 20.0. The van der Waals surface area contributed by atoms with Crippen LogP contribution >= 0.6 is 0 Å². The molecule has 0 aliphatic heterocycles. The third-order valence-electron chi connectivity index (χ3n) is 10.4. The predicted octanol–water partition coefficient (Wildman–Crippen LogP) is -1.38. The highest BCUT2D eigenvalue weighted by Crippen LogP contribution is 2.11. The minimum Gasteiger partial charge on any atom is -0.542 e. The lowest BCUT2D eigenvalue weighted by molar-refractivity contribution is -0.344. The van der Waals surface area contributed by atoms with Gasteiger partial charge >= 0.3 is 12.1 Å². The zero-order valence-corrected chi connectivity index (χ0v) is 53.0. The zero-order valence-electron chi connectivity index (χ0n) is 53.0. The molecule has 0 rings (SSSR count). The quantitative estimate of drug-likeness (QED) is 0.0591. The molecule has 0 aromatic carbocycles. The van der Waals surface area contributed by atoms with Crippen LogP contribution in [-0.4, -0.2) is 359 Å². The summed E-state index contributed by atoms with van der Waals surface area (Å²) in [7, 11) is 1.64. The first-order chi connectivity index (χ1) is 44.0. The summed E-state index contributed by atoms with van der Waals surface area (Å²) in [4.78, 5) is 31.1. The smallest absolute Gasteiger partial charge is 0.430 e. The van der Waals surface area contributed by atoms with E-state index in [0.717, 1.165) is 0 Å². The number of carbonyl (C=O) groups excluding carboxylic acids is 2. The molecule has 0 heterocycles. The summed E-state index contributed by atoms with van der Waals surface area (Å²) in [6.07, 6.45) is -5.26. The predicted molar refractivity (Wildman–Crippen MR) is 310 cm³/mol. The molecule has 1 atom stereocenters. The number of nitrogens with two attached hydrogens (primary N) is 1. The Morgan fingerprint density at radius 1 is 0.333 bits per heavy atom. The van der Waals surface area contributed by atoms with Crippen molar-refractivity contribution in [1.29, 1.82) is 0 Å². The molecule has 1 unspecified atom stereocenters. The third kappa shape index (κ3) is 81.3. The Hall–Kier alpha value is -2.80. The monoisotopic (exact) mass is 1330 g/mol. The van der Waals surface area contributed by atoms with E-state index in [4.69, 9.17) is 134 Å². The maximum atomic E-state index is 11.7. The van der Waals surface area contributed by atoms with Crippen molar-refractivity contribution in [2.45, 2.75) is 25.1 Å². The summed E-state index contributed by atoms with van der Waals surface area (Å²) >= 11 is 0. The van der Waals surface area contributed by atoms with Crippen LogP contribution < -0.4 is 16.2 Å². The van der Waals surface area contributed by atoms with E-state index in [9.17, 15) is 22.8 Å². The average Bonchev–Trinajstić information content (AvgIpc) is 3.66. The Morgan fingerprint density at radius 3 is 0.611 bits per heavy atom. The van der Waals surface area contributed by atoms with Gasteiger partial charge in [0.2, 0.25) is 5.91 Å². The van der Waals surface area contributed by atoms with E-state index >= 15 is 0 Å². The van der Waals surface area contributed by atoms with Crippen molar-refractivity contribution in [2.24, 2.45) is 5.73 Å². The molecule has 0 aliphatic rings. The number of methoxy groups -OCH3 is 1. The minimum absolute atomic E-state index is 0.0857. The van der Waals surface area contributed by atoms with Gasteiger partial charge < -0.3 is 140 Å². The van der Waals surface area contributed by atoms with E-state index in [0.29, 0.717) is 311 Å². The number of amides is 1. The fourth-order valence-corrected chi connectivity index (χ4v) is 5.87. The van der Waals surface area contributed by atoms with Crippen molar-refractivity contribution < 1.29 is 151 Å². The molecule has 538 valence electrons. The van der Waals surface area contributed by atoms with Gasteiger partial charge in [-0.3, -0.25) is 9.59 Å². The van der Waals surface area contributed by atoms with Gasteiger partial charge in [-0.1, -0.05) is 0 Å². The normalized spacial score (nSPS) is 12.0. The van der Waals surface area contributed by atoms with Crippen molar-refractivity contribution in [3.8, 4) is 0 Å². The second kappa shape index (κ2) is 76.9. The van der Waals surface area contributed by atoms with Crippen LogP contribution in [0.5, 0.6) is 0 Å². The number of aliphatic carboxylic acids is 2. The fraction of sp³-hybridized carbons (Fsp3) is 0.946. The molecule has 0 aromatic rings. The largest absolute Gasteiger partial charge is 0.542 e. The summed E-state index contributed by atoms with van der Waals surface area (Å²) in [6, 6.07) is -0.850. The van der Waals surface area contributed by atoms with Crippen LogP contribution in [0.1, 0.15) is 12.8 Å². The number of rotatable bonds is 76. The number of carbonyl (C=O) groups is 3. The highest BCUT2D eigenvalue weighted by Gasteiger charge is 2.29.